The van der Waals surface area contributed by atoms with Gasteiger partial charge in [-0.05, 0) is 85.7 Å². The number of methoxy groups -OCH3 is 2. The number of ether oxygens (including phenoxy) is 4. The number of carbonyl (C=O) groups is 4. The van der Waals surface area contributed by atoms with Crippen molar-refractivity contribution in [1.82, 2.24) is 24.3 Å². The molecule has 2 amide bonds. The molecule has 14 nitrogen and oxygen atoms in total. The van der Waals surface area contributed by atoms with Crippen molar-refractivity contribution in [3.05, 3.63) is 64.4 Å². The van der Waals surface area contributed by atoms with Crippen LogP contribution < -0.4 is 10.2 Å². The van der Waals surface area contributed by atoms with Crippen molar-refractivity contribution in [2.75, 3.05) is 58.4 Å². The summed E-state index contributed by atoms with van der Waals surface area (Å²) in [6.07, 6.45) is 3.11. The van der Waals surface area contributed by atoms with Crippen LogP contribution >= 0.6 is 15.9 Å². The topological polar surface area (TPSA) is 137 Å². The molecule has 2 aromatic heterocycles. The molecule has 312 valence electrons. The van der Waals surface area contributed by atoms with E-state index in [1.807, 2.05) is 109 Å². The molecule has 2 aromatic carbocycles. The smallest absolute Gasteiger partial charge is 0.410 e. The second kappa shape index (κ2) is 18.7. The van der Waals surface area contributed by atoms with Crippen LogP contribution in [0.3, 0.4) is 0 Å². The number of piperazine rings is 2. The van der Waals surface area contributed by atoms with Crippen LogP contribution in [-0.2, 0) is 33.0 Å². The second-order valence-corrected chi connectivity index (χ2v) is 17.3. The Bertz CT molecular complexity index is 2060. The van der Waals surface area contributed by atoms with Gasteiger partial charge >= 0.3 is 24.1 Å². The lowest BCUT2D eigenvalue weighted by molar-refractivity contribution is 0.0136. The minimum Gasteiger partial charge on any atom is -0.465 e. The fourth-order valence-corrected chi connectivity index (χ4v) is 7.04. The molecule has 6 rings (SSSR count). The molecule has 0 radical (unpaired) electrons. The van der Waals surface area contributed by atoms with E-state index in [2.05, 4.69) is 32.2 Å². The number of rotatable bonds is 3. The molecular formula is C42H59BrN6O8. The predicted molar refractivity (Wildman–Crippen MR) is 226 cm³/mol. The quantitative estimate of drug-likeness (QED) is 0.165. The van der Waals surface area contributed by atoms with Crippen LogP contribution in [0.25, 0.3) is 21.8 Å². The molecule has 4 aromatic rings. The Hall–Kier alpha value is -4.76. The molecule has 1 N–H and O–H groups in total. The number of anilines is 1. The number of halogens is 1. The highest BCUT2D eigenvalue weighted by Gasteiger charge is 2.31. The number of aryl methyl sites for hydroxylation is 2. The van der Waals surface area contributed by atoms with E-state index in [-0.39, 0.29) is 36.2 Å². The SMILES string of the molecule is CC1CNCCN1C(=O)OC(C)(C)C.COC(=O)c1cn(C)c2cc(Br)ccc12.COC(=O)c1cn(C)c2cc(N3CCN(C(=O)OC(C)(C)C)C(C)C3)ccc12. The van der Waals surface area contributed by atoms with Crippen molar-refractivity contribution in [2.24, 2.45) is 14.1 Å². The Balaban J connectivity index is 0.000000209. The molecule has 0 spiro atoms. The highest BCUT2D eigenvalue weighted by molar-refractivity contribution is 9.10. The summed E-state index contributed by atoms with van der Waals surface area (Å²) in [5.41, 5.74) is 3.31. The first kappa shape index (κ1) is 44.9. The Morgan fingerprint density at radius 3 is 1.67 bits per heavy atom. The van der Waals surface area contributed by atoms with Gasteiger partial charge in [0.2, 0.25) is 0 Å². The van der Waals surface area contributed by atoms with Gasteiger partial charge in [-0.3, -0.25) is 0 Å². The summed E-state index contributed by atoms with van der Waals surface area (Å²) in [5, 5.41) is 5.02. The van der Waals surface area contributed by atoms with Gasteiger partial charge in [0.15, 0.2) is 0 Å². The van der Waals surface area contributed by atoms with Gasteiger partial charge in [0, 0.05) is 104 Å². The normalized spacial score (nSPS) is 17.2. The van der Waals surface area contributed by atoms with E-state index in [9.17, 15) is 19.2 Å². The van der Waals surface area contributed by atoms with Gasteiger partial charge in [0.25, 0.3) is 0 Å². The van der Waals surface area contributed by atoms with Gasteiger partial charge in [0.1, 0.15) is 11.2 Å². The molecule has 2 aliphatic rings. The van der Waals surface area contributed by atoms with Crippen molar-refractivity contribution in [3.63, 3.8) is 0 Å². The third-order valence-corrected chi connectivity index (χ3v) is 9.98. The third-order valence-electron chi connectivity index (χ3n) is 9.49. The number of nitrogens with zero attached hydrogens (tertiary/aromatic N) is 5. The molecule has 4 heterocycles. The van der Waals surface area contributed by atoms with Gasteiger partial charge in [-0.15, -0.1) is 0 Å². The highest BCUT2D eigenvalue weighted by Crippen LogP contribution is 2.29. The van der Waals surface area contributed by atoms with E-state index in [0.29, 0.717) is 17.7 Å². The van der Waals surface area contributed by atoms with Crippen LogP contribution in [0.5, 0.6) is 0 Å². The maximum absolute atomic E-state index is 12.4. The van der Waals surface area contributed by atoms with E-state index in [0.717, 1.165) is 64.7 Å². The van der Waals surface area contributed by atoms with Gasteiger partial charge < -0.3 is 48.1 Å². The van der Waals surface area contributed by atoms with Crippen LogP contribution in [0.1, 0.15) is 76.1 Å². The molecule has 15 heteroatoms. The van der Waals surface area contributed by atoms with Crippen LogP contribution in [-0.4, -0.2) is 120 Å². The molecule has 2 saturated heterocycles. The number of hydrogen-bond acceptors (Lipinski definition) is 10. The minimum absolute atomic E-state index is 0.0401. The minimum atomic E-state index is -0.497. The van der Waals surface area contributed by atoms with E-state index in [1.54, 1.807) is 22.2 Å². The Morgan fingerprint density at radius 1 is 0.702 bits per heavy atom. The molecule has 2 unspecified atom stereocenters. The molecule has 0 saturated carbocycles. The fraction of sp³-hybridized carbons (Fsp3) is 0.524. The van der Waals surface area contributed by atoms with Crippen LogP contribution in [0.15, 0.2) is 53.3 Å². The van der Waals surface area contributed by atoms with Crippen molar-refractivity contribution in [2.45, 2.75) is 78.7 Å². The zero-order valence-electron chi connectivity index (χ0n) is 35.4. The standard InChI is InChI=1S/C21H29N3O4.C11H10BrNO2.C10H20N2O2/c1-14-12-23(9-10-24(14)20(26)28-21(2,3)4)15-7-8-16-17(19(25)27-6)13-22(5)18(16)11-15;1-13-6-9(11(14)15-2)8-4-3-7(12)5-10(8)13;1-8-7-11-5-6-12(8)9(13)14-10(2,3)4/h7-8,11,13-14H,9-10,12H2,1-6H3;3-6H,1-2H3;8,11H,5-7H2,1-4H3. The zero-order valence-corrected chi connectivity index (χ0v) is 37.0. The first-order valence-corrected chi connectivity index (χ1v) is 19.9. The van der Waals surface area contributed by atoms with E-state index >= 15 is 0 Å². The third kappa shape index (κ3) is 11.7. The van der Waals surface area contributed by atoms with Crippen LogP contribution in [0.4, 0.5) is 15.3 Å². The summed E-state index contributed by atoms with van der Waals surface area (Å²) in [4.78, 5) is 53.4. The molecule has 57 heavy (non-hydrogen) atoms. The first-order chi connectivity index (χ1) is 26.6. The summed E-state index contributed by atoms with van der Waals surface area (Å²) in [6.45, 7) is 19.8. The molecule has 2 atom stereocenters. The van der Waals surface area contributed by atoms with Crippen LogP contribution in [0.2, 0.25) is 0 Å². The van der Waals surface area contributed by atoms with E-state index in [1.165, 1.54) is 14.2 Å². The summed E-state index contributed by atoms with van der Waals surface area (Å²) in [5.74, 6) is -0.638. The van der Waals surface area contributed by atoms with Gasteiger partial charge in [-0.25, -0.2) is 19.2 Å². The van der Waals surface area contributed by atoms with Crippen LogP contribution in [0, 0.1) is 0 Å². The van der Waals surface area contributed by atoms with Crippen molar-refractivity contribution in [3.8, 4) is 0 Å². The lowest BCUT2D eigenvalue weighted by Gasteiger charge is -2.41. The maximum atomic E-state index is 12.4. The number of carbonyl (C=O) groups excluding carboxylic acids is 4. The molecule has 2 aliphatic heterocycles. The van der Waals surface area contributed by atoms with Gasteiger partial charge in [-0.2, -0.15) is 0 Å². The Kier molecular flexibility index (Phi) is 14.7. The van der Waals surface area contributed by atoms with Crippen molar-refractivity contribution in [1.29, 1.82) is 0 Å². The van der Waals surface area contributed by atoms with E-state index in [4.69, 9.17) is 18.9 Å². The lowest BCUT2D eigenvalue weighted by atomic mass is 10.1. The lowest BCUT2D eigenvalue weighted by Crippen LogP contribution is -2.55. The number of hydrogen-bond donors (Lipinski definition) is 1. The van der Waals surface area contributed by atoms with Crippen molar-refractivity contribution < 1.29 is 38.1 Å². The summed E-state index contributed by atoms with van der Waals surface area (Å²) in [6, 6.07) is 12.1. The molecule has 2 fully saturated rings. The largest absolute Gasteiger partial charge is 0.465 e. The van der Waals surface area contributed by atoms with Crippen molar-refractivity contribution >= 4 is 67.5 Å². The van der Waals surface area contributed by atoms with Gasteiger partial charge in [-0.1, -0.05) is 22.0 Å². The summed E-state index contributed by atoms with van der Waals surface area (Å²) >= 11 is 3.40. The predicted octanol–water partition coefficient (Wildman–Crippen LogP) is 7.35. The molecule has 0 aliphatic carbocycles. The Labute approximate surface area is 344 Å². The monoisotopic (exact) mass is 854 g/mol. The zero-order chi connectivity index (χ0) is 42.4. The number of nitrogens with one attached hydrogen (secondary N) is 1. The maximum Gasteiger partial charge on any atom is 0.410 e. The molecule has 0 bridgehead atoms. The highest BCUT2D eigenvalue weighted by atomic mass is 79.9. The van der Waals surface area contributed by atoms with Gasteiger partial charge in [0.05, 0.1) is 30.9 Å². The number of esters is 2. The number of amides is 2. The molecular weight excluding hydrogens is 796 g/mol. The van der Waals surface area contributed by atoms with E-state index < -0.39 is 11.2 Å². The fourth-order valence-electron chi connectivity index (χ4n) is 6.69. The average Bonchev–Trinajstić information content (AvgIpc) is 3.65. The average molecular weight is 856 g/mol. The second-order valence-electron chi connectivity index (χ2n) is 16.3. The number of aromatic nitrogens is 2. The summed E-state index contributed by atoms with van der Waals surface area (Å²) in [7, 11) is 6.60. The number of fused-ring (bicyclic) bond motifs is 2. The summed E-state index contributed by atoms with van der Waals surface area (Å²) < 4.78 is 25.3. The Morgan fingerprint density at radius 2 is 1.19 bits per heavy atom. The first-order valence-electron chi connectivity index (χ1n) is 19.1. The number of benzene rings is 2.